The summed E-state index contributed by atoms with van der Waals surface area (Å²) in [5, 5.41) is 0. The number of hydrogen-bond donors (Lipinski definition) is 0. The molecule has 3 unspecified atom stereocenters. The average Bonchev–Trinajstić information content (AvgIpc) is 3.02. The van der Waals surface area contributed by atoms with Crippen LogP contribution in [-0.4, -0.2) is 53.5 Å². The van der Waals surface area contributed by atoms with Gasteiger partial charge in [0.05, 0.1) is 5.92 Å². The molecule has 160 valence electrons. The minimum atomic E-state index is -0.403. The highest BCUT2D eigenvalue weighted by Crippen LogP contribution is 2.86. The van der Waals surface area contributed by atoms with Crippen molar-refractivity contribution in [1.29, 1.82) is 0 Å². The van der Waals surface area contributed by atoms with E-state index in [4.69, 9.17) is 9.47 Å². The Morgan fingerprint density at radius 2 is 1.83 bits per heavy atom. The maximum absolute atomic E-state index is 13.8. The van der Waals surface area contributed by atoms with Crippen LogP contribution in [0.1, 0.15) is 46.5 Å². The van der Waals surface area contributed by atoms with Crippen LogP contribution in [-0.2, 0) is 23.9 Å². The smallest absolute Gasteiger partial charge is 0.302 e. The predicted octanol–water partition coefficient (Wildman–Crippen LogP) is 2.11. The Bertz CT molecular complexity index is 959. The van der Waals surface area contributed by atoms with Crippen LogP contribution in [0.5, 0.6) is 0 Å². The first-order valence-corrected chi connectivity index (χ1v) is 11.5. The first-order valence-electron chi connectivity index (χ1n) is 11.5. The molecule has 3 aliphatic heterocycles. The van der Waals surface area contributed by atoms with Crippen LogP contribution in [0.4, 0.5) is 0 Å². The third-order valence-electron chi connectivity index (χ3n) is 10.5. The molecule has 9 fully saturated rings. The lowest BCUT2D eigenvalue weighted by Gasteiger charge is -2.64. The van der Waals surface area contributed by atoms with E-state index < -0.39 is 6.10 Å². The van der Waals surface area contributed by atoms with Gasteiger partial charge < -0.3 is 9.47 Å². The maximum atomic E-state index is 13.8. The van der Waals surface area contributed by atoms with E-state index in [-0.39, 0.29) is 63.9 Å². The summed E-state index contributed by atoms with van der Waals surface area (Å²) in [6.07, 6.45) is 3.09. The number of carbonyl (C=O) groups is 3. The second-order valence-electron chi connectivity index (χ2n) is 11.8. The molecule has 9 bridgehead atoms. The summed E-state index contributed by atoms with van der Waals surface area (Å²) in [7, 11) is 0. The van der Waals surface area contributed by atoms with Crippen molar-refractivity contribution in [2.24, 2.45) is 39.9 Å². The monoisotopic (exact) mass is 411 g/mol. The summed E-state index contributed by atoms with van der Waals surface area (Å²) in [5.74, 6) is 0.0430. The highest BCUT2D eigenvalue weighted by atomic mass is 16.5. The van der Waals surface area contributed by atoms with Gasteiger partial charge in [-0.15, -0.1) is 0 Å². The number of ketones is 1. The molecule has 6 nitrogen and oxygen atoms in total. The fourth-order valence-electron chi connectivity index (χ4n) is 11.0. The van der Waals surface area contributed by atoms with Gasteiger partial charge in [0.1, 0.15) is 18.0 Å². The Morgan fingerprint density at radius 3 is 2.53 bits per heavy atom. The molecule has 3 heterocycles. The molecular weight excluding hydrogens is 382 g/mol. The predicted molar refractivity (Wildman–Crippen MR) is 105 cm³/mol. The number of carbonyl (C=O) groups excluding carboxylic acids is 3. The van der Waals surface area contributed by atoms with Crippen LogP contribution in [0.15, 0.2) is 12.2 Å². The van der Waals surface area contributed by atoms with Gasteiger partial charge in [-0.3, -0.25) is 19.3 Å². The number of esters is 2. The summed E-state index contributed by atoms with van der Waals surface area (Å²) < 4.78 is 11.8. The second-order valence-corrected chi connectivity index (χ2v) is 11.8. The normalized spacial score (nSPS) is 60.3. The average molecular weight is 411 g/mol. The fourth-order valence-corrected chi connectivity index (χ4v) is 11.0. The van der Waals surface area contributed by atoms with Crippen LogP contribution in [0.25, 0.3) is 0 Å². The van der Waals surface area contributed by atoms with Gasteiger partial charge >= 0.3 is 11.9 Å². The molecule has 0 aromatic carbocycles. The number of hydrogen-bond acceptors (Lipinski definition) is 6. The Morgan fingerprint density at radius 1 is 1.10 bits per heavy atom. The van der Waals surface area contributed by atoms with Crippen molar-refractivity contribution in [3.05, 3.63) is 12.2 Å². The van der Waals surface area contributed by atoms with Crippen molar-refractivity contribution >= 4 is 17.7 Å². The second kappa shape index (κ2) is 4.87. The summed E-state index contributed by atoms with van der Waals surface area (Å²) in [6, 6.07) is 0.709. The van der Waals surface area contributed by atoms with E-state index in [0.717, 1.165) is 37.8 Å². The van der Waals surface area contributed by atoms with E-state index in [9.17, 15) is 14.4 Å². The molecule has 9 rings (SSSR count). The Labute approximate surface area is 176 Å². The van der Waals surface area contributed by atoms with Crippen molar-refractivity contribution in [3.8, 4) is 0 Å². The van der Waals surface area contributed by atoms with Crippen LogP contribution in [0, 0.1) is 39.9 Å². The Hall–Kier alpha value is -1.69. The quantitative estimate of drug-likeness (QED) is 0.512. The molecular formula is C24H29NO5. The van der Waals surface area contributed by atoms with Gasteiger partial charge in [0.25, 0.3) is 0 Å². The Balaban J connectivity index is 1.45. The minimum absolute atomic E-state index is 0.0201. The zero-order chi connectivity index (χ0) is 21.0. The molecule has 0 aromatic rings. The lowest BCUT2D eigenvalue weighted by atomic mass is 9.40. The number of piperidine rings is 2. The zero-order valence-corrected chi connectivity index (χ0v) is 17.8. The number of ether oxygens (including phenoxy) is 2. The standard InChI is InChI=1S/C24H29NO5/c1-10-5-23-8-14-19-22(4)6-13(29-11(2)26)7-24(19)20(23)18(30-12(3)27)15(10)17(28)16(23)21(24)25(14)9-22/h13-16,18-21H,1,5-9H2,2-4H3/t13-,14-,15-,16?,18+,19+,20+,21?,22-,23-,24-/m0/s1. The summed E-state index contributed by atoms with van der Waals surface area (Å²) >= 11 is 0. The van der Waals surface area contributed by atoms with Gasteiger partial charge in [0, 0.05) is 49.7 Å². The maximum Gasteiger partial charge on any atom is 0.302 e. The molecule has 6 aliphatic carbocycles. The topological polar surface area (TPSA) is 72.9 Å². The van der Waals surface area contributed by atoms with Gasteiger partial charge in [-0.2, -0.15) is 0 Å². The largest absolute Gasteiger partial charge is 0.463 e. The van der Waals surface area contributed by atoms with Crippen molar-refractivity contribution in [1.82, 2.24) is 4.90 Å². The zero-order valence-electron chi connectivity index (χ0n) is 17.8. The van der Waals surface area contributed by atoms with Crippen molar-refractivity contribution < 1.29 is 23.9 Å². The first-order chi connectivity index (χ1) is 14.1. The number of rotatable bonds is 2. The van der Waals surface area contributed by atoms with Crippen LogP contribution in [0.2, 0.25) is 0 Å². The van der Waals surface area contributed by atoms with Crippen molar-refractivity contribution in [2.75, 3.05) is 6.54 Å². The van der Waals surface area contributed by atoms with Crippen LogP contribution < -0.4 is 0 Å². The van der Waals surface area contributed by atoms with Gasteiger partial charge in [-0.05, 0) is 42.4 Å². The SMILES string of the molecule is C=C1C[C@]23C[C@H]4[C@@H]5[C@@]6(C)C[C@H](OC(C)=O)C[C@]57C(C2C(=O)[C@H]1[C@@H](OC(C)=O)[C@H]37)N4C6. The third-order valence-corrected chi connectivity index (χ3v) is 10.5. The highest BCUT2D eigenvalue weighted by Gasteiger charge is 2.91. The highest BCUT2D eigenvalue weighted by molar-refractivity contribution is 5.93. The molecule has 6 saturated carbocycles. The van der Waals surface area contributed by atoms with Gasteiger partial charge in [-0.25, -0.2) is 0 Å². The molecule has 30 heavy (non-hydrogen) atoms. The van der Waals surface area contributed by atoms with Crippen molar-refractivity contribution in [2.45, 2.75) is 70.7 Å². The van der Waals surface area contributed by atoms with Crippen molar-refractivity contribution in [3.63, 3.8) is 0 Å². The van der Waals surface area contributed by atoms with Gasteiger partial charge in [0.2, 0.25) is 0 Å². The van der Waals surface area contributed by atoms with E-state index in [0.29, 0.717) is 12.0 Å². The lowest BCUT2D eigenvalue weighted by molar-refractivity contribution is -0.205. The number of fused-ring (bicyclic) bond motifs is 1. The summed E-state index contributed by atoms with van der Waals surface area (Å²) in [4.78, 5) is 40.5. The summed E-state index contributed by atoms with van der Waals surface area (Å²) in [6.45, 7) is 10.6. The molecule has 0 N–H and O–H groups in total. The molecule has 9 aliphatic rings. The summed E-state index contributed by atoms with van der Waals surface area (Å²) in [5.41, 5.74) is 0.812. The van der Waals surface area contributed by atoms with Gasteiger partial charge in [0.15, 0.2) is 0 Å². The fraction of sp³-hybridized carbons (Fsp3) is 0.792. The number of nitrogens with zero attached hydrogens (tertiary/aromatic N) is 1. The Kier molecular flexibility index (Phi) is 2.91. The molecule has 0 aromatic heterocycles. The van der Waals surface area contributed by atoms with Crippen LogP contribution in [0.3, 0.4) is 0 Å². The lowest BCUT2D eigenvalue weighted by Crippen LogP contribution is -2.67. The van der Waals surface area contributed by atoms with E-state index in [1.165, 1.54) is 13.8 Å². The third kappa shape index (κ3) is 1.58. The first kappa shape index (κ1) is 17.9. The van der Waals surface area contributed by atoms with Gasteiger partial charge in [-0.1, -0.05) is 19.1 Å². The minimum Gasteiger partial charge on any atom is -0.463 e. The van der Waals surface area contributed by atoms with E-state index in [1.54, 1.807) is 0 Å². The molecule has 0 radical (unpaired) electrons. The van der Waals surface area contributed by atoms with E-state index in [1.807, 2.05) is 0 Å². The molecule has 12 atom stereocenters. The molecule has 2 spiro atoms. The number of Topliss-reactive ketones (excluding diaryl/α,β-unsaturated/α-hetero) is 1. The molecule has 3 saturated heterocycles. The van der Waals surface area contributed by atoms with E-state index >= 15 is 0 Å². The molecule has 6 heteroatoms. The molecule has 0 amide bonds. The van der Waals surface area contributed by atoms with Crippen LogP contribution >= 0.6 is 0 Å². The van der Waals surface area contributed by atoms with E-state index in [2.05, 4.69) is 18.4 Å².